The van der Waals surface area contributed by atoms with Crippen molar-refractivity contribution in [2.75, 3.05) is 133 Å². The minimum absolute atomic E-state index is 0.0879. The Morgan fingerprint density at radius 3 is 1.04 bits per heavy atom. The van der Waals surface area contributed by atoms with E-state index in [1.807, 2.05) is 30.5 Å². The van der Waals surface area contributed by atoms with E-state index in [-0.39, 0.29) is 79.4 Å². The molecule has 0 atom stereocenters. The van der Waals surface area contributed by atoms with Crippen LogP contribution >= 0.6 is 0 Å². The molecule has 0 amide bonds. The van der Waals surface area contributed by atoms with Crippen molar-refractivity contribution in [3.8, 4) is 44.9 Å². The van der Waals surface area contributed by atoms with Crippen LogP contribution in [0.5, 0.6) is 11.5 Å². The maximum absolute atomic E-state index is 12.5. The summed E-state index contributed by atoms with van der Waals surface area (Å²) in [7, 11) is 0. The number of benzene rings is 3. The van der Waals surface area contributed by atoms with Gasteiger partial charge < -0.3 is 38.4 Å². The monoisotopic (exact) mass is 1340 g/mol. The lowest BCUT2D eigenvalue weighted by Crippen LogP contribution is -2.47. The first kappa shape index (κ1) is 74.4. The van der Waals surface area contributed by atoms with Gasteiger partial charge in [0.25, 0.3) is 0 Å². The average molecular weight is 1340 g/mol. The van der Waals surface area contributed by atoms with Gasteiger partial charge in [0.05, 0.1) is 0 Å². The number of hydrogen-bond acceptors (Lipinski definition) is 20. The second kappa shape index (κ2) is 37.3. The molecule has 20 nitrogen and oxygen atoms in total. The van der Waals surface area contributed by atoms with Gasteiger partial charge in [-0.15, -0.1) is 26.3 Å². The number of anilines is 3. The number of alkyl halides is 6. The van der Waals surface area contributed by atoms with E-state index >= 15 is 0 Å². The number of Topliss-reactive ketones (excluding diaryl/α,β-unsaturated/α-hetero) is 3. The maximum atomic E-state index is 12.5. The Bertz CT molecular complexity index is 3430. The molecule has 3 aromatic heterocycles. The molecule has 3 aliphatic rings. The van der Waals surface area contributed by atoms with Gasteiger partial charge in [-0.05, 0) is 137 Å². The molecule has 26 heteroatoms. The van der Waals surface area contributed by atoms with Crippen LogP contribution in [0.4, 0.5) is 43.8 Å². The number of carbonyl (C=O) groups is 6. The summed E-state index contributed by atoms with van der Waals surface area (Å²) in [6.45, 7) is 18.7. The van der Waals surface area contributed by atoms with Crippen molar-refractivity contribution in [2.24, 2.45) is 0 Å². The van der Waals surface area contributed by atoms with Crippen LogP contribution in [0.3, 0.4) is 0 Å². The Labute approximate surface area is 555 Å². The summed E-state index contributed by atoms with van der Waals surface area (Å²) in [5.41, 5.74) is 6.13. The minimum Gasteiger partial charge on any atom is -0.458 e. The Hall–Kier alpha value is -9.01. The predicted molar refractivity (Wildman–Crippen MR) is 350 cm³/mol. The van der Waals surface area contributed by atoms with Crippen LogP contribution in [-0.4, -0.2) is 196 Å². The number of nitrogens with zero attached hydrogens (tertiary/aromatic N) is 9. The highest BCUT2D eigenvalue weighted by Crippen LogP contribution is 2.31. The van der Waals surface area contributed by atoms with Crippen molar-refractivity contribution < 1.29 is 78.8 Å². The van der Waals surface area contributed by atoms with Crippen LogP contribution in [0.15, 0.2) is 128 Å². The third kappa shape index (κ3) is 26.7. The van der Waals surface area contributed by atoms with E-state index in [4.69, 9.17) is 14.2 Å². The Morgan fingerprint density at radius 1 is 0.417 bits per heavy atom. The van der Waals surface area contributed by atoms with E-state index in [0.29, 0.717) is 47.9 Å². The van der Waals surface area contributed by atoms with Crippen molar-refractivity contribution in [3.05, 3.63) is 133 Å². The van der Waals surface area contributed by atoms with Gasteiger partial charge in [0.2, 0.25) is 0 Å². The Kier molecular flexibility index (Phi) is 28.9. The fourth-order valence-corrected chi connectivity index (χ4v) is 10.5. The van der Waals surface area contributed by atoms with Gasteiger partial charge in [-0.1, -0.05) is 61.0 Å². The predicted octanol–water partition coefficient (Wildman–Crippen LogP) is 10.8. The maximum Gasteiger partial charge on any atom is 0.573 e. The molecule has 3 aromatic carbocycles. The lowest BCUT2D eigenvalue weighted by molar-refractivity contribution is -0.275. The molecule has 0 radical (unpaired) electrons. The summed E-state index contributed by atoms with van der Waals surface area (Å²) in [6, 6.07) is 31.7. The number of piperazine rings is 3. The van der Waals surface area contributed by atoms with Gasteiger partial charge in [-0.2, -0.15) is 0 Å². The molecule has 0 bridgehead atoms. The summed E-state index contributed by atoms with van der Waals surface area (Å²) in [6.07, 6.45) is -0.869. The number of ether oxygens (including phenoxy) is 5. The Morgan fingerprint density at radius 2 is 0.740 bits per heavy atom. The van der Waals surface area contributed by atoms with Crippen LogP contribution in [0.2, 0.25) is 0 Å². The molecular formula is C70H83F6N9O11. The number of aromatic nitrogens is 3. The first-order valence-electron chi connectivity index (χ1n) is 32.0. The number of rotatable bonds is 27. The fourth-order valence-electron chi connectivity index (χ4n) is 10.5. The van der Waals surface area contributed by atoms with Gasteiger partial charge in [0.15, 0.2) is 17.3 Å². The van der Waals surface area contributed by atoms with E-state index in [9.17, 15) is 55.1 Å². The second-order valence-electron chi connectivity index (χ2n) is 23.3. The van der Waals surface area contributed by atoms with Gasteiger partial charge in [0, 0.05) is 140 Å². The zero-order valence-electron chi connectivity index (χ0n) is 54.6. The first-order chi connectivity index (χ1) is 45.9. The number of hydrogen-bond donors (Lipinski definition) is 0. The van der Waals surface area contributed by atoms with Gasteiger partial charge in [-0.25, -0.2) is 15.0 Å². The molecule has 3 aliphatic heterocycles. The van der Waals surface area contributed by atoms with Crippen LogP contribution in [0.25, 0.3) is 33.4 Å². The molecule has 3 fully saturated rings. The Balaban J connectivity index is 0.000000204. The van der Waals surface area contributed by atoms with E-state index in [1.54, 1.807) is 31.5 Å². The molecule has 0 spiro atoms. The number of pyridine rings is 3. The molecule has 6 aromatic rings. The van der Waals surface area contributed by atoms with Gasteiger partial charge in [0.1, 0.15) is 48.8 Å². The van der Waals surface area contributed by atoms with E-state index in [0.717, 1.165) is 128 Å². The highest BCUT2D eigenvalue weighted by atomic mass is 19.4. The summed E-state index contributed by atoms with van der Waals surface area (Å²) in [5.74, 6) is 0.675. The molecule has 0 aliphatic carbocycles. The van der Waals surface area contributed by atoms with Crippen LogP contribution < -0.4 is 24.2 Å². The van der Waals surface area contributed by atoms with Gasteiger partial charge in [-0.3, -0.25) is 43.5 Å². The third-order valence-electron chi connectivity index (χ3n) is 15.7. The molecule has 0 saturated carbocycles. The van der Waals surface area contributed by atoms with Crippen molar-refractivity contribution >= 4 is 52.7 Å². The number of halogens is 6. The van der Waals surface area contributed by atoms with Crippen molar-refractivity contribution in [3.63, 3.8) is 0 Å². The van der Waals surface area contributed by atoms with Crippen molar-refractivity contribution in [1.82, 2.24) is 29.7 Å². The number of carbonyl (C=O) groups excluding carboxylic acids is 6. The highest BCUT2D eigenvalue weighted by Gasteiger charge is 2.32. The summed E-state index contributed by atoms with van der Waals surface area (Å²) in [4.78, 5) is 94.8. The topological polar surface area (TPSA) is 207 Å². The largest absolute Gasteiger partial charge is 0.573 e. The molecule has 96 heavy (non-hydrogen) atoms. The number of esters is 3. The molecule has 0 N–H and O–H groups in total. The first-order valence-corrected chi connectivity index (χ1v) is 32.0. The molecule has 6 heterocycles. The number of ketones is 3. The van der Waals surface area contributed by atoms with Crippen LogP contribution in [-0.2, 0) is 43.0 Å². The van der Waals surface area contributed by atoms with Crippen molar-refractivity contribution in [2.45, 2.75) is 85.4 Å². The quantitative estimate of drug-likeness (QED) is 0.0267. The summed E-state index contributed by atoms with van der Waals surface area (Å²) in [5, 5.41) is 0. The molecule has 3 saturated heterocycles. The molecule has 0 unspecified atom stereocenters. The molecule has 9 rings (SSSR count). The zero-order chi connectivity index (χ0) is 69.0. The molecule has 516 valence electrons. The summed E-state index contributed by atoms with van der Waals surface area (Å²) < 4.78 is 97.4. The van der Waals surface area contributed by atoms with E-state index in [1.165, 1.54) is 61.4 Å². The number of aryl methyl sites for hydroxylation is 1. The fraction of sp³-hybridized carbons (Fsp3) is 0.443. The van der Waals surface area contributed by atoms with Crippen LogP contribution in [0.1, 0.15) is 71.3 Å². The smallest absolute Gasteiger partial charge is 0.458 e. The van der Waals surface area contributed by atoms with E-state index < -0.39 is 12.7 Å². The molecular weight excluding hydrogens is 1260 g/mol. The summed E-state index contributed by atoms with van der Waals surface area (Å²) >= 11 is 0. The second-order valence-corrected chi connectivity index (χ2v) is 23.3. The zero-order valence-corrected chi connectivity index (χ0v) is 54.6. The minimum atomic E-state index is -4.73. The van der Waals surface area contributed by atoms with Crippen LogP contribution in [0, 0.1) is 6.92 Å². The van der Waals surface area contributed by atoms with Gasteiger partial charge >= 0.3 is 30.6 Å². The highest BCUT2D eigenvalue weighted by molar-refractivity contribution is 5.82. The third-order valence-corrected chi connectivity index (χ3v) is 15.7. The van der Waals surface area contributed by atoms with E-state index in [2.05, 4.69) is 97.1 Å². The lowest BCUT2D eigenvalue weighted by Gasteiger charge is -2.35. The average Bonchev–Trinajstić information content (AvgIpc) is 0.895. The van der Waals surface area contributed by atoms with Crippen molar-refractivity contribution in [1.29, 1.82) is 0 Å². The lowest BCUT2D eigenvalue weighted by atomic mass is 10.1. The normalized spacial score (nSPS) is 14.7. The SMILES string of the molecule is CC(=O)COC(=O)CCCN1CCN(c2ccc(-c3ccc(C)cc3)cn2)CC1.CC(=O)COC(=O)CCCN1CCN(c2ccc(-c3cccc(OC(F)(F)F)c3)cn2)CC1.CCC(=O)COC(=O)CCCN1CCN(c2ccc(-c3cccc(OC(F)(F)F)c3)cn2)CC1. The standard InChI is InChI=1S/C24H28F3N3O4.C23H26F3N3O4.C23H29N3O3/c1-2-20(31)17-33-23(32)7-4-10-29-11-13-30(14-12-29)22-9-8-19(16-28-22)18-5-3-6-21(15-18)34-24(25,26)27;1-17(30)16-32-22(31)6-3-9-28-10-12-29(13-11-28)21-8-7-19(15-27-21)18-4-2-5-20(14-18)33-23(24,25)26;1-18-5-7-20(8-6-18)21-9-10-22(24-16-21)26-14-12-25(13-15-26)11-3-4-23(28)29-17-19(2)27/h3,5-6,8-9,15-16H,2,4,7,10-14,17H2,1H3;2,4-5,7-8,14-15H,3,6,9-13,16H2,1H3;5-10,16H,3-4,11-15,17H2,1-2H3.